The minimum absolute atomic E-state index is 0.129. The van der Waals surface area contributed by atoms with Gasteiger partial charge in [-0.2, -0.15) is 0 Å². The molecule has 25 heavy (non-hydrogen) atoms. The molecule has 7 heteroatoms. The zero-order valence-electron chi connectivity index (χ0n) is 13.4. The van der Waals surface area contributed by atoms with E-state index in [1.807, 2.05) is 31.2 Å². The smallest absolute Gasteiger partial charge is 0.336 e. The molecule has 3 rings (SSSR count). The number of benzene rings is 2. The van der Waals surface area contributed by atoms with E-state index in [0.717, 1.165) is 10.0 Å². The maximum Gasteiger partial charge on any atom is 0.336 e. The molecule has 1 N–H and O–H groups in total. The molecular formula is C18H16BrNO4S. The third kappa shape index (κ3) is 4.00. The summed E-state index contributed by atoms with van der Waals surface area (Å²) in [6, 6.07) is 14.4. The lowest BCUT2D eigenvalue weighted by atomic mass is 10.1. The molecule has 0 aliphatic carbocycles. The second-order valence-corrected chi connectivity index (χ2v) is 8.22. The monoisotopic (exact) mass is 421 g/mol. The van der Waals surface area contributed by atoms with Crippen LogP contribution in [0.5, 0.6) is 0 Å². The Labute approximate surface area is 153 Å². The highest BCUT2D eigenvalue weighted by molar-refractivity contribution is 9.10. The fourth-order valence-corrected chi connectivity index (χ4v) is 4.16. The van der Waals surface area contributed by atoms with Crippen molar-refractivity contribution in [1.82, 2.24) is 4.72 Å². The molecule has 1 unspecified atom stereocenters. The van der Waals surface area contributed by atoms with Crippen molar-refractivity contribution in [3.8, 4) is 0 Å². The summed E-state index contributed by atoms with van der Waals surface area (Å²) in [6.45, 7) is 1.92. The molecule has 1 aromatic heterocycles. The fourth-order valence-electron chi connectivity index (χ4n) is 2.55. The van der Waals surface area contributed by atoms with Crippen LogP contribution in [0.4, 0.5) is 0 Å². The van der Waals surface area contributed by atoms with Crippen LogP contribution in [-0.4, -0.2) is 8.42 Å². The molecule has 1 atom stereocenters. The van der Waals surface area contributed by atoms with Gasteiger partial charge in [0.05, 0.1) is 4.90 Å². The standard InChI is InChI=1S/C18H16BrNO4S/c1-2-16(12-3-6-14(19)7-4-12)20-25(22,23)15-8-9-17-13(11-15)5-10-18(21)24-17/h3-11,16,20H,2H2,1H3. The Morgan fingerprint density at radius 1 is 1.08 bits per heavy atom. The second-order valence-electron chi connectivity index (χ2n) is 5.59. The summed E-state index contributed by atoms with van der Waals surface area (Å²) in [5.41, 5.74) is 0.773. The summed E-state index contributed by atoms with van der Waals surface area (Å²) < 4.78 is 34.2. The van der Waals surface area contributed by atoms with Gasteiger partial charge in [-0.25, -0.2) is 17.9 Å². The van der Waals surface area contributed by atoms with Gasteiger partial charge in [-0.05, 0) is 48.4 Å². The Kier molecular flexibility index (Phi) is 5.08. The van der Waals surface area contributed by atoms with Crippen molar-refractivity contribution in [2.75, 3.05) is 0 Å². The van der Waals surface area contributed by atoms with Crippen molar-refractivity contribution in [2.24, 2.45) is 0 Å². The number of hydrogen-bond donors (Lipinski definition) is 1. The van der Waals surface area contributed by atoms with E-state index in [-0.39, 0.29) is 10.9 Å². The molecule has 0 saturated carbocycles. The first kappa shape index (κ1) is 17.8. The van der Waals surface area contributed by atoms with Gasteiger partial charge in [-0.1, -0.05) is 35.0 Å². The quantitative estimate of drug-likeness (QED) is 0.631. The van der Waals surface area contributed by atoms with Crippen LogP contribution >= 0.6 is 15.9 Å². The molecule has 3 aromatic rings. The Morgan fingerprint density at radius 2 is 1.80 bits per heavy atom. The van der Waals surface area contributed by atoms with Crippen LogP contribution in [-0.2, 0) is 10.0 Å². The van der Waals surface area contributed by atoms with Crippen LogP contribution in [0.15, 0.2) is 73.2 Å². The maximum atomic E-state index is 12.7. The average Bonchev–Trinajstić information content (AvgIpc) is 2.60. The second kappa shape index (κ2) is 7.11. The van der Waals surface area contributed by atoms with Gasteiger partial charge in [-0.15, -0.1) is 0 Å². The maximum absolute atomic E-state index is 12.7. The van der Waals surface area contributed by atoms with Gasteiger partial charge in [0.1, 0.15) is 5.58 Å². The molecule has 1 heterocycles. The lowest BCUT2D eigenvalue weighted by Gasteiger charge is -2.18. The first-order valence-electron chi connectivity index (χ1n) is 7.71. The van der Waals surface area contributed by atoms with E-state index in [0.29, 0.717) is 17.4 Å². The van der Waals surface area contributed by atoms with Gasteiger partial charge < -0.3 is 4.42 Å². The average molecular weight is 422 g/mol. The number of hydrogen-bond acceptors (Lipinski definition) is 4. The molecule has 0 saturated heterocycles. The predicted octanol–water partition coefficient (Wildman–Crippen LogP) is 3.99. The topological polar surface area (TPSA) is 76.4 Å². The summed E-state index contributed by atoms with van der Waals surface area (Å²) in [5.74, 6) is 0. The van der Waals surface area contributed by atoms with Crippen LogP contribution in [0.25, 0.3) is 11.0 Å². The normalized spacial score (nSPS) is 13.0. The van der Waals surface area contributed by atoms with Crippen molar-refractivity contribution in [1.29, 1.82) is 0 Å². The van der Waals surface area contributed by atoms with Crippen molar-refractivity contribution in [2.45, 2.75) is 24.3 Å². The molecule has 0 aliphatic rings. The van der Waals surface area contributed by atoms with Gasteiger partial charge in [0.2, 0.25) is 10.0 Å². The summed E-state index contributed by atoms with van der Waals surface area (Å²) in [5, 5.41) is 0.555. The fraction of sp³-hybridized carbons (Fsp3) is 0.167. The third-order valence-electron chi connectivity index (χ3n) is 3.88. The van der Waals surface area contributed by atoms with Crippen LogP contribution < -0.4 is 10.3 Å². The number of rotatable bonds is 5. The van der Waals surface area contributed by atoms with Crippen LogP contribution in [0.3, 0.4) is 0 Å². The zero-order chi connectivity index (χ0) is 18.0. The van der Waals surface area contributed by atoms with E-state index in [2.05, 4.69) is 20.7 Å². The Balaban J connectivity index is 1.93. The van der Waals surface area contributed by atoms with E-state index in [4.69, 9.17) is 4.42 Å². The molecule has 5 nitrogen and oxygen atoms in total. The lowest BCUT2D eigenvalue weighted by Crippen LogP contribution is -2.28. The number of fused-ring (bicyclic) bond motifs is 1. The third-order valence-corrected chi connectivity index (χ3v) is 5.88. The van der Waals surface area contributed by atoms with Crippen LogP contribution in [0.1, 0.15) is 24.9 Å². The summed E-state index contributed by atoms with van der Waals surface area (Å²) in [6.07, 6.45) is 0.614. The molecule has 0 radical (unpaired) electrons. The molecule has 0 bridgehead atoms. The molecule has 2 aromatic carbocycles. The van der Waals surface area contributed by atoms with Gasteiger partial charge >= 0.3 is 5.63 Å². The molecular weight excluding hydrogens is 406 g/mol. The first-order chi connectivity index (χ1) is 11.9. The van der Waals surface area contributed by atoms with E-state index in [9.17, 15) is 13.2 Å². The highest BCUT2D eigenvalue weighted by Crippen LogP contribution is 2.23. The molecule has 0 amide bonds. The highest BCUT2D eigenvalue weighted by Gasteiger charge is 2.20. The Hall–Kier alpha value is -1.96. The molecule has 0 spiro atoms. The number of halogens is 1. The van der Waals surface area contributed by atoms with E-state index in [1.54, 1.807) is 6.07 Å². The SMILES string of the molecule is CCC(NS(=O)(=O)c1ccc2oc(=O)ccc2c1)c1ccc(Br)cc1. The largest absolute Gasteiger partial charge is 0.423 e. The van der Waals surface area contributed by atoms with Gasteiger partial charge in [0, 0.05) is 22.0 Å². The minimum atomic E-state index is -3.71. The molecule has 0 aliphatic heterocycles. The van der Waals surface area contributed by atoms with Crippen molar-refractivity contribution in [3.05, 3.63) is 75.1 Å². The molecule has 130 valence electrons. The van der Waals surface area contributed by atoms with Gasteiger partial charge in [0.15, 0.2) is 0 Å². The van der Waals surface area contributed by atoms with Crippen LogP contribution in [0, 0.1) is 0 Å². The van der Waals surface area contributed by atoms with Crippen molar-refractivity contribution >= 4 is 36.9 Å². The van der Waals surface area contributed by atoms with E-state index in [1.165, 1.54) is 24.3 Å². The summed E-state index contributed by atoms with van der Waals surface area (Å²) in [7, 11) is -3.71. The Bertz CT molecular complexity index is 1060. The zero-order valence-corrected chi connectivity index (χ0v) is 15.8. The highest BCUT2D eigenvalue weighted by atomic mass is 79.9. The lowest BCUT2D eigenvalue weighted by molar-refractivity contribution is 0.549. The van der Waals surface area contributed by atoms with Crippen molar-refractivity contribution < 1.29 is 12.8 Å². The number of sulfonamides is 1. The summed E-state index contributed by atoms with van der Waals surface area (Å²) >= 11 is 3.37. The number of nitrogens with one attached hydrogen (secondary N) is 1. The van der Waals surface area contributed by atoms with Crippen molar-refractivity contribution in [3.63, 3.8) is 0 Å². The van der Waals surface area contributed by atoms with Gasteiger partial charge in [-0.3, -0.25) is 0 Å². The first-order valence-corrected chi connectivity index (χ1v) is 9.98. The minimum Gasteiger partial charge on any atom is -0.423 e. The van der Waals surface area contributed by atoms with E-state index >= 15 is 0 Å². The van der Waals surface area contributed by atoms with Gasteiger partial charge in [0.25, 0.3) is 0 Å². The molecule has 0 fully saturated rings. The summed E-state index contributed by atoms with van der Waals surface area (Å²) in [4.78, 5) is 11.4. The van der Waals surface area contributed by atoms with Crippen LogP contribution in [0.2, 0.25) is 0 Å². The predicted molar refractivity (Wildman–Crippen MR) is 100.0 cm³/mol. The Morgan fingerprint density at radius 3 is 2.48 bits per heavy atom. The van der Waals surface area contributed by atoms with E-state index < -0.39 is 15.6 Å².